The first-order valence-corrected chi connectivity index (χ1v) is 4.69. The summed E-state index contributed by atoms with van der Waals surface area (Å²) in [7, 11) is 1.91. The van der Waals surface area contributed by atoms with Crippen molar-refractivity contribution in [2.75, 3.05) is 6.54 Å². The monoisotopic (exact) mass is 182 g/mol. The highest BCUT2D eigenvalue weighted by Crippen LogP contribution is 2.24. The SMILES string of the molecule is Cn1ccc2c1C(=O)CCNS2. The number of carbonyl (C=O) groups excluding carboxylic acids is 1. The van der Waals surface area contributed by atoms with E-state index in [9.17, 15) is 4.79 Å². The van der Waals surface area contributed by atoms with Gasteiger partial charge >= 0.3 is 0 Å². The Kier molecular flexibility index (Phi) is 1.94. The molecule has 64 valence electrons. The van der Waals surface area contributed by atoms with E-state index in [1.165, 1.54) is 0 Å². The lowest BCUT2D eigenvalue weighted by Gasteiger charge is -1.99. The molecular weight excluding hydrogens is 172 g/mol. The predicted octanol–water partition coefficient (Wildman–Crippen LogP) is 1.21. The number of Topliss-reactive ketones (excluding diaryl/α,β-unsaturated/α-hetero) is 1. The molecule has 0 bridgehead atoms. The number of nitrogens with one attached hydrogen (secondary N) is 1. The summed E-state index contributed by atoms with van der Waals surface area (Å²) in [5.41, 5.74) is 0.838. The molecule has 2 rings (SSSR count). The van der Waals surface area contributed by atoms with Gasteiger partial charge in [-0.05, 0) is 18.0 Å². The molecule has 1 aliphatic rings. The van der Waals surface area contributed by atoms with Gasteiger partial charge in [0.1, 0.15) is 0 Å². The van der Waals surface area contributed by atoms with Gasteiger partial charge in [0.15, 0.2) is 5.78 Å². The zero-order valence-corrected chi connectivity index (χ0v) is 7.65. The van der Waals surface area contributed by atoms with Gasteiger partial charge in [-0.25, -0.2) is 0 Å². The van der Waals surface area contributed by atoms with E-state index < -0.39 is 0 Å². The molecule has 1 aliphatic heterocycles. The molecule has 1 aromatic heterocycles. The zero-order valence-electron chi connectivity index (χ0n) is 6.83. The summed E-state index contributed by atoms with van der Waals surface area (Å²) >= 11 is 1.54. The van der Waals surface area contributed by atoms with E-state index >= 15 is 0 Å². The maximum atomic E-state index is 11.5. The van der Waals surface area contributed by atoms with Crippen molar-refractivity contribution in [3.63, 3.8) is 0 Å². The molecule has 4 heteroatoms. The van der Waals surface area contributed by atoms with Crippen molar-refractivity contribution in [1.29, 1.82) is 0 Å². The molecule has 0 saturated heterocycles. The standard InChI is InChI=1S/C8H10N2OS/c1-10-5-3-7-8(10)6(11)2-4-9-12-7/h3,5,9H,2,4H2,1H3. The minimum Gasteiger partial charge on any atom is -0.347 e. The van der Waals surface area contributed by atoms with Gasteiger partial charge in [-0.2, -0.15) is 0 Å². The summed E-state index contributed by atoms with van der Waals surface area (Å²) < 4.78 is 5.02. The molecule has 0 unspecified atom stereocenters. The Hall–Kier alpha value is -0.740. The molecule has 0 aliphatic carbocycles. The predicted molar refractivity (Wildman–Crippen MR) is 48.2 cm³/mol. The Morgan fingerprint density at radius 3 is 3.33 bits per heavy atom. The lowest BCUT2D eigenvalue weighted by atomic mass is 10.2. The molecule has 2 heterocycles. The van der Waals surface area contributed by atoms with Crippen LogP contribution in [0.3, 0.4) is 0 Å². The smallest absolute Gasteiger partial charge is 0.181 e. The second-order valence-corrected chi connectivity index (χ2v) is 3.74. The van der Waals surface area contributed by atoms with Crippen LogP contribution in [0, 0.1) is 0 Å². The highest BCUT2D eigenvalue weighted by molar-refractivity contribution is 7.97. The van der Waals surface area contributed by atoms with Crippen molar-refractivity contribution in [1.82, 2.24) is 9.29 Å². The molecule has 0 aromatic carbocycles. The first-order chi connectivity index (χ1) is 5.79. The van der Waals surface area contributed by atoms with Crippen molar-refractivity contribution < 1.29 is 4.79 Å². The molecule has 0 atom stereocenters. The highest BCUT2D eigenvalue weighted by Gasteiger charge is 2.18. The fourth-order valence-electron chi connectivity index (χ4n) is 1.33. The number of aromatic nitrogens is 1. The molecule has 0 amide bonds. The van der Waals surface area contributed by atoms with Gasteiger partial charge in [0.2, 0.25) is 0 Å². The average molecular weight is 182 g/mol. The summed E-state index contributed by atoms with van der Waals surface area (Å²) in [4.78, 5) is 12.6. The minimum absolute atomic E-state index is 0.231. The number of hydrogen-bond donors (Lipinski definition) is 1. The van der Waals surface area contributed by atoms with Crippen molar-refractivity contribution in [2.45, 2.75) is 11.3 Å². The van der Waals surface area contributed by atoms with E-state index in [-0.39, 0.29) is 5.78 Å². The quantitative estimate of drug-likeness (QED) is 0.612. The van der Waals surface area contributed by atoms with Crippen LogP contribution in [0.25, 0.3) is 0 Å². The zero-order chi connectivity index (χ0) is 8.55. The number of carbonyl (C=O) groups is 1. The second-order valence-electron chi connectivity index (χ2n) is 2.81. The van der Waals surface area contributed by atoms with Gasteiger partial charge in [-0.3, -0.25) is 9.52 Å². The largest absolute Gasteiger partial charge is 0.347 e. The molecule has 0 spiro atoms. The van der Waals surface area contributed by atoms with Crippen LogP contribution in [-0.2, 0) is 7.05 Å². The summed E-state index contributed by atoms with van der Waals surface area (Å²) in [6, 6.07) is 1.97. The summed E-state index contributed by atoms with van der Waals surface area (Å²) in [5, 5.41) is 0. The Balaban J connectivity index is 2.49. The van der Waals surface area contributed by atoms with Crippen LogP contribution in [0.4, 0.5) is 0 Å². The van der Waals surface area contributed by atoms with Gasteiger partial charge in [0, 0.05) is 26.2 Å². The fraction of sp³-hybridized carbons (Fsp3) is 0.375. The van der Waals surface area contributed by atoms with E-state index in [4.69, 9.17) is 0 Å². The van der Waals surface area contributed by atoms with E-state index in [0.717, 1.165) is 17.1 Å². The van der Waals surface area contributed by atoms with Gasteiger partial charge in [-0.1, -0.05) is 0 Å². The molecule has 0 saturated carbocycles. The van der Waals surface area contributed by atoms with Gasteiger partial charge in [0.05, 0.1) is 10.6 Å². The van der Waals surface area contributed by atoms with Crippen LogP contribution in [0.15, 0.2) is 17.2 Å². The van der Waals surface area contributed by atoms with E-state index in [2.05, 4.69) is 4.72 Å². The number of hydrogen-bond acceptors (Lipinski definition) is 3. The molecule has 0 radical (unpaired) electrons. The number of ketones is 1. The third-order valence-electron chi connectivity index (χ3n) is 1.94. The topological polar surface area (TPSA) is 34.0 Å². The molecule has 12 heavy (non-hydrogen) atoms. The first kappa shape index (κ1) is 7.89. The molecule has 1 aromatic rings. The van der Waals surface area contributed by atoms with E-state index in [0.29, 0.717) is 6.42 Å². The maximum absolute atomic E-state index is 11.5. The second kappa shape index (κ2) is 2.95. The lowest BCUT2D eigenvalue weighted by molar-refractivity contribution is 0.0975. The third kappa shape index (κ3) is 1.17. The molecule has 0 fully saturated rings. The number of nitrogens with zero attached hydrogens (tertiary/aromatic N) is 1. The van der Waals surface area contributed by atoms with Crippen LogP contribution >= 0.6 is 11.9 Å². The highest BCUT2D eigenvalue weighted by atomic mass is 32.2. The van der Waals surface area contributed by atoms with E-state index in [1.807, 2.05) is 23.9 Å². The number of aryl methyl sites for hydroxylation is 1. The van der Waals surface area contributed by atoms with Gasteiger partial charge in [-0.15, -0.1) is 0 Å². The Morgan fingerprint density at radius 2 is 2.50 bits per heavy atom. The number of fused-ring (bicyclic) bond motifs is 1. The summed E-state index contributed by atoms with van der Waals surface area (Å²) in [6.07, 6.45) is 2.51. The van der Waals surface area contributed by atoms with Crippen molar-refractivity contribution >= 4 is 17.7 Å². The van der Waals surface area contributed by atoms with Crippen LogP contribution < -0.4 is 4.72 Å². The number of rotatable bonds is 0. The Morgan fingerprint density at radius 1 is 1.67 bits per heavy atom. The van der Waals surface area contributed by atoms with Crippen molar-refractivity contribution in [3.8, 4) is 0 Å². The van der Waals surface area contributed by atoms with Crippen molar-refractivity contribution in [2.24, 2.45) is 7.05 Å². The normalized spacial score (nSPS) is 17.2. The van der Waals surface area contributed by atoms with Crippen LogP contribution in [-0.4, -0.2) is 16.9 Å². The van der Waals surface area contributed by atoms with Gasteiger partial charge in [0.25, 0.3) is 0 Å². The van der Waals surface area contributed by atoms with Crippen molar-refractivity contribution in [3.05, 3.63) is 18.0 Å². The Bertz CT molecular complexity index is 319. The third-order valence-corrected chi connectivity index (χ3v) is 2.83. The van der Waals surface area contributed by atoms with Crippen LogP contribution in [0.5, 0.6) is 0 Å². The average Bonchev–Trinajstić information content (AvgIpc) is 2.29. The molecular formula is C8H10N2OS. The van der Waals surface area contributed by atoms with Crippen LogP contribution in [0.1, 0.15) is 16.9 Å². The maximum Gasteiger partial charge on any atom is 0.181 e. The molecule has 3 nitrogen and oxygen atoms in total. The van der Waals surface area contributed by atoms with Gasteiger partial charge < -0.3 is 4.57 Å². The summed E-state index contributed by atoms with van der Waals surface area (Å²) in [6.45, 7) is 0.762. The fourth-order valence-corrected chi connectivity index (χ4v) is 2.18. The van der Waals surface area contributed by atoms with Crippen LogP contribution in [0.2, 0.25) is 0 Å². The first-order valence-electron chi connectivity index (χ1n) is 3.87. The minimum atomic E-state index is 0.231. The molecule has 1 N–H and O–H groups in total. The van der Waals surface area contributed by atoms with E-state index in [1.54, 1.807) is 11.9 Å². The summed E-state index contributed by atoms with van der Waals surface area (Å²) in [5.74, 6) is 0.231. The Labute approximate surface area is 75.3 Å². The lowest BCUT2D eigenvalue weighted by Crippen LogP contribution is -2.09.